The van der Waals surface area contributed by atoms with Crippen LogP contribution in [0.15, 0.2) is 0 Å². The number of methoxy groups -OCH3 is 1. The molecule has 0 aromatic carbocycles. The van der Waals surface area contributed by atoms with Crippen LogP contribution >= 0.6 is 0 Å². The highest BCUT2D eigenvalue weighted by molar-refractivity contribution is 5.83. The van der Waals surface area contributed by atoms with Crippen LogP contribution in [0.5, 0.6) is 0 Å². The van der Waals surface area contributed by atoms with Gasteiger partial charge in [0.25, 0.3) is 0 Å². The number of carbonyl (C=O) groups excluding carboxylic acids is 2. The number of esters is 1. The van der Waals surface area contributed by atoms with Gasteiger partial charge in [0.1, 0.15) is 6.04 Å². The molecule has 8 nitrogen and oxygen atoms in total. The lowest BCUT2D eigenvalue weighted by Crippen LogP contribution is -2.50. The Bertz CT molecular complexity index is 379. The van der Waals surface area contributed by atoms with Crippen LogP contribution in [0.25, 0.3) is 0 Å². The van der Waals surface area contributed by atoms with E-state index in [9.17, 15) is 14.4 Å². The zero-order valence-electron chi connectivity index (χ0n) is 12.3. The molecule has 120 valence electrons. The Balaban J connectivity index is 2.27. The number of aliphatic carboxylic acids is 1. The summed E-state index contributed by atoms with van der Waals surface area (Å²) in [4.78, 5) is 35.2. The molecule has 1 rings (SSSR count). The molecule has 1 heterocycles. The van der Waals surface area contributed by atoms with Crippen molar-refractivity contribution in [3.05, 3.63) is 0 Å². The maximum Gasteiger partial charge on any atom is 0.328 e. The van der Waals surface area contributed by atoms with E-state index >= 15 is 0 Å². The normalized spacial score (nSPS) is 17.1. The maximum absolute atomic E-state index is 11.9. The Kier molecular flexibility index (Phi) is 6.93. The second-order valence-corrected chi connectivity index (χ2v) is 4.90. The largest absolute Gasteiger partial charge is 0.481 e. The number of ether oxygens (including phenoxy) is 2. The zero-order valence-corrected chi connectivity index (χ0v) is 12.3. The van der Waals surface area contributed by atoms with Crippen molar-refractivity contribution < 1.29 is 29.0 Å². The van der Waals surface area contributed by atoms with E-state index in [1.165, 1.54) is 7.11 Å². The lowest BCUT2D eigenvalue weighted by atomic mass is 10.1. The van der Waals surface area contributed by atoms with E-state index < -0.39 is 18.0 Å². The molecule has 0 aliphatic carbocycles. The number of piperidine rings is 1. The molecule has 1 unspecified atom stereocenters. The van der Waals surface area contributed by atoms with Crippen molar-refractivity contribution in [3.8, 4) is 0 Å². The number of likely N-dealkylation sites (tertiary alicyclic amines) is 1. The molecule has 0 aromatic rings. The Morgan fingerprint density at radius 2 is 1.95 bits per heavy atom. The molecular weight excluding hydrogens is 280 g/mol. The van der Waals surface area contributed by atoms with E-state index in [-0.39, 0.29) is 25.2 Å². The first-order chi connectivity index (χ1) is 9.93. The van der Waals surface area contributed by atoms with Gasteiger partial charge in [0.15, 0.2) is 0 Å². The van der Waals surface area contributed by atoms with Crippen LogP contribution in [-0.4, -0.2) is 66.9 Å². The van der Waals surface area contributed by atoms with E-state index in [0.717, 1.165) is 0 Å². The SMILES string of the molecule is COC(=O)C(C)NC(=O)N1CCC(OCCC(=O)O)CC1. The van der Waals surface area contributed by atoms with E-state index in [2.05, 4.69) is 10.1 Å². The minimum absolute atomic E-state index is 0.0165. The monoisotopic (exact) mass is 302 g/mol. The second kappa shape index (κ2) is 8.46. The van der Waals surface area contributed by atoms with Crippen molar-refractivity contribution in [3.63, 3.8) is 0 Å². The molecule has 0 spiro atoms. The maximum atomic E-state index is 11.9. The van der Waals surface area contributed by atoms with Crippen LogP contribution in [0, 0.1) is 0 Å². The quantitative estimate of drug-likeness (QED) is 0.680. The number of rotatable bonds is 6. The number of hydrogen-bond donors (Lipinski definition) is 2. The number of nitrogens with zero attached hydrogens (tertiary/aromatic N) is 1. The first-order valence-electron chi connectivity index (χ1n) is 6.90. The summed E-state index contributed by atoms with van der Waals surface area (Å²) in [5.74, 6) is -1.38. The molecule has 2 N–H and O–H groups in total. The number of carbonyl (C=O) groups is 3. The van der Waals surface area contributed by atoms with Crippen LogP contribution < -0.4 is 5.32 Å². The van der Waals surface area contributed by atoms with Gasteiger partial charge >= 0.3 is 18.0 Å². The highest BCUT2D eigenvalue weighted by Gasteiger charge is 2.25. The summed E-state index contributed by atoms with van der Waals surface area (Å²) in [7, 11) is 1.27. The standard InChI is InChI=1S/C13H22N2O6/c1-9(12(18)20-2)14-13(19)15-6-3-10(4-7-15)21-8-5-11(16)17/h9-10H,3-8H2,1-2H3,(H,14,19)(H,16,17). The fraction of sp³-hybridized carbons (Fsp3) is 0.769. The highest BCUT2D eigenvalue weighted by Crippen LogP contribution is 2.14. The smallest absolute Gasteiger partial charge is 0.328 e. The number of nitrogens with one attached hydrogen (secondary N) is 1. The fourth-order valence-electron chi connectivity index (χ4n) is 2.05. The molecule has 1 saturated heterocycles. The second-order valence-electron chi connectivity index (χ2n) is 4.90. The third-order valence-electron chi connectivity index (χ3n) is 3.29. The molecule has 0 saturated carbocycles. The number of carboxylic acid groups (broad SMARTS) is 1. The Morgan fingerprint density at radius 3 is 2.48 bits per heavy atom. The van der Waals surface area contributed by atoms with E-state index in [0.29, 0.717) is 25.9 Å². The first kappa shape index (κ1) is 17.2. The zero-order chi connectivity index (χ0) is 15.8. The summed E-state index contributed by atoms with van der Waals surface area (Å²) in [5.41, 5.74) is 0. The molecule has 0 aromatic heterocycles. The van der Waals surface area contributed by atoms with Gasteiger partial charge in [0.05, 0.1) is 26.2 Å². The minimum Gasteiger partial charge on any atom is -0.481 e. The summed E-state index contributed by atoms with van der Waals surface area (Å²) in [6.07, 6.45) is 1.27. The van der Waals surface area contributed by atoms with Crippen molar-refractivity contribution in [1.29, 1.82) is 0 Å². The van der Waals surface area contributed by atoms with E-state index in [1.54, 1.807) is 11.8 Å². The van der Waals surface area contributed by atoms with E-state index in [4.69, 9.17) is 9.84 Å². The molecule has 1 aliphatic rings. The van der Waals surface area contributed by atoms with Crippen LogP contribution in [0.4, 0.5) is 4.79 Å². The number of carboxylic acids is 1. The average molecular weight is 302 g/mol. The predicted octanol–water partition coefficient (Wildman–Crippen LogP) is 0.213. The van der Waals surface area contributed by atoms with Gasteiger partial charge in [-0.1, -0.05) is 0 Å². The van der Waals surface area contributed by atoms with Crippen molar-refractivity contribution in [2.45, 2.75) is 38.3 Å². The van der Waals surface area contributed by atoms with Crippen LogP contribution in [0.1, 0.15) is 26.2 Å². The number of urea groups is 1. The van der Waals surface area contributed by atoms with Gasteiger partial charge in [0, 0.05) is 13.1 Å². The third kappa shape index (κ3) is 5.99. The Labute approximate surface area is 123 Å². The predicted molar refractivity (Wildman–Crippen MR) is 72.8 cm³/mol. The molecule has 1 aliphatic heterocycles. The van der Waals surface area contributed by atoms with Gasteiger partial charge in [-0.2, -0.15) is 0 Å². The van der Waals surface area contributed by atoms with Gasteiger partial charge in [0.2, 0.25) is 0 Å². The molecule has 0 bridgehead atoms. The molecule has 0 radical (unpaired) electrons. The Morgan fingerprint density at radius 1 is 1.33 bits per heavy atom. The van der Waals surface area contributed by atoms with Crippen molar-refractivity contribution in [2.24, 2.45) is 0 Å². The molecule has 1 fully saturated rings. The minimum atomic E-state index is -0.886. The lowest BCUT2D eigenvalue weighted by molar-refractivity contribution is -0.142. The lowest BCUT2D eigenvalue weighted by Gasteiger charge is -2.32. The Hall–Kier alpha value is -1.83. The summed E-state index contributed by atoms with van der Waals surface area (Å²) in [6.45, 7) is 2.77. The number of hydrogen-bond acceptors (Lipinski definition) is 5. The number of amides is 2. The van der Waals surface area contributed by atoms with Crippen molar-refractivity contribution in [1.82, 2.24) is 10.2 Å². The van der Waals surface area contributed by atoms with Gasteiger partial charge in [-0.15, -0.1) is 0 Å². The first-order valence-corrected chi connectivity index (χ1v) is 6.90. The fourth-order valence-corrected chi connectivity index (χ4v) is 2.05. The van der Waals surface area contributed by atoms with Gasteiger partial charge in [-0.25, -0.2) is 9.59 Å². The van der Waals surface area contributed by atoms with Crippen LogP contribution in [-0.2, 0) is 19.1 Å². The summed E-state index contributed by atoms with van der Waals surface area (Å²) in [6, 6.07) is -0.996. The third-order valence-corrected chi connectivity index (χ3v) is 3.29. The van der Waals surface area contributed by atoms with Crippen molar-refractivity contribution in [2.75, 3.05) is 26.8 Å². The molecule has 21 heavy (non-hydrogen) atoms. The van der Waals surface area contributed by atoms with Crippen LogP contribution in [0.3, 0.4) is 0 Å². The highest BCUT2D eigenvalue weighted by atomic mass is 16.5. The molecular formula is C13H22N2O6. The van der Waals surface area contributed by atoms with Gasteiger partial charge in [-0.3, -0.25) is 4.79 Å². The molecule has 1 atom stereocenters. The average Bonchev–Trinajstić information content (AvgIpc) is 2.46. The molecule has 8 heteroatoms. The van der Waals surface area contributed by atoms with E-state index in [1.807, 2.05) is 0 Å². The van der Waals surface area contributed by atoms with Crippen molar-refractivity contribution >= 4 is 18.0 Å². The van der Waals surface area contributed by atoms with Gasteiger partial charge < -0.3 is 24.8 Å². The summed E-state index contributed by atoms with van der Waals surface area (Å²) < 4.78 is 9.99. The summed E-state index contributed by atoms with van der Waals surface area (Å²) >= 11 is 0. The summed E-state index contributed by atoms with van der Waals surface area (Å²) in [5, 5.41) is 11.1. The van der Waals surface area contributed by atoms with Gasteiger partial charge in [-0.05, 0) is 19.8 Å². The topological polar surface area (TPSA) is 105 Å². The van der Waals surface area contributed by atoms with Crippen LogP contribution in [0.2, 0.25) is 0 Å². The molecule has 2 amide bonds.